The number of fused-ring (bicyclic) bond motifs is 1. The van der Waals surface area contributed by atoms with Gasteiger partial charge in [-0.25, -0.2) is 8.42 Å². The van der Waals surface area contributed by atoms with Crippen LogP contribution in [0.25, 0.3) is 10.1 Å². The monoisotopic (exact) mass is 445 g/mol. The predicted molar refractivity (Wildman–Crippen MR) is 94.5 cm³/mol. The minimum Gasteiger partial charge on any atom is -0.280 e. The molecule has 0 aliphatic rings. The fourth-order valence-electron chi connectivity index (χ4n) is 1.92. The van der Waals surface area contributed by atoms with Crippen LogP contribution >= 0.6 is 43.2 Å². The standard InChI is InChI=1S/C14H9Br2NO2S2/c15-10-1-3-12(16)14(8-10)21(18,19)17-11-2-4-13-9(7-11)5-6-20-13/h1-8,17H. The Morgan fingerprint density at radius 1 is 1.00 bits per heavy atom. The Bertz CT molecular complexity index is 920. The largest absolute Gasteiger partial charge is 0.280 e. The fraction of sp³-hybridized carbons (Fsp3) is 0. The van der Waals surface area contributed by atoms with E-state index in [9.17, 15) is 8.42 Å². The number of benzene rings is 2. The van der Waals surface area contributed by atoms with E-state index in [2.05, 4.69) is 36.6 Å². The molecule has 0 bridgehead atoms. The smallest absolute Gasteiger partial charge is 0.263 e. The van der Waals surface area contributed by atoms with Gasteiger partial charge < -0.3 is 0 Å². The quantitative estimate of drug-likeness (QED) is 0.598. The van der Waals surface area contributed by atoms with Gasteiger partial charge in [-0.2, -0.15) is 0 Å². The summed E-state index contributed by atoms with van der Waals surface area (Å²) in [4.78, 5) is 0.197. The highest BCUT2D eigenvalue weighted by Crippen LogP contribution is 2.29. The number of hydrogen-bond donors (Lipinski definition) is 1. The summed E-state index contributed by atoms with van der Waals surface area (Å²) >= 11 is 8.19. The number of anilines is 1. The zero-order valence-electron chi connectivity index (χ0n) is 10.5. The van der Waals surface area contributed by atoms with Crippen LogP contribution in [0, 0.1) is 0 Å². The van der Waals surface area contributed by atoms with Gasteiger partial charge in [0.25, 0.3) is 10.0 Å². The minimum atomic E-state index is -3.64. The maximum Gasteiger partial charge on any atom is 0.263 e. The van der Waals surface area contributed by atoms with Gasteiger partial charge in [0.2, 0.25) is 0 Å². The van der Waals surface area contributed by atoms with E-state index in [0.29, 0.717) is 14.6 Å². The Kier molecular flexibility index (Phi) is 4.09. The first-order chi connectivity index (χ1) is 9.95. The number of sulfonamides is 1. The molecule has 21 heavy (non-hydrogen) atoms. The van der Waals surface area contributed by atoms with Crippen molar-refractivity contribution in [2.24, 2.45) is 0 Å². The van der Waals surface area contributed by atoms with Crippen molar-refractivity contribution in [1.29, 1.82) is 0 Å². The van der Waals surface area contributed by atoms with Crippen LogP contribution in [0.4, 0.5) is 5.69 Å². The molecule has 0 fully saturated rings. The first kappa shape index (κ1) is 15.0. The lowest BCUT2D eigenvalue weighted by atomic mass is 10.2. The van der Waals surface area contributed by atoms with E-state index in [1.807, 2.05) is 23.6 Å². The van der Waals surface area contributed by atoms with Crippen LogP contribution in [0.2, 0.25) is 0 Å². The zero-order chi connectivity index (χ0) is 15.0. The van der Waals surface area contributed by atoms with E-state index in [1.165, 1.54) is 0 Å². The predicted octanol–water partition coefficient (Wildman–Crippen LogP) is 5.23. The van der Waals surface area contributed by atoms with Gasteiger partial charge in [-0.15, -0.1) is 11.3 Å². The molecule has 0 aliphatic carbocycles. The molecule has 7 heteroatoms. The van der Waals surface area contributed by atoms with Gasteiger partial charge >= 0.3 is 0 Å². The number of nitrogens with one attached hydrogen (secondary N) is 1. The van der Waals surface area contributed by atoms with Crippen molar-refractivity contribution in [1.82, 2.24) is 0 Å². The van der Waals surface area contributed by atoms with E-state index >= 15 is 0 Å². The summed E-state index contributed by atoms with van der Waals surface area (Å²) in [5.74, 6) is 0. The minimum absolute atomic E-state index is 0.197. The molecule has 3 rings (SSSR count). The molecule has 0 saturated heterocycles. The second kappa shape index (κ2) is 5.72. The summed E-state index contributed by atoms with van der Waals surface area (Å²) in [7, 11) is -3.64. The first-order valence-corrected chi connectivity index (χ1v) is 9.86. The van der Waals surface area contributed by atoms with E-state index in [0.717, 1.165) is 10.1 Å². The van der Waals surface area contributed by atoms with Gasteiger partial charge in [0, 0.05) is 19.3 Å². The summed E-state index contributed by atoms with van der Waals surface area (Å²) in [5.41, 5.74) is 0.549. The maximum absolute atomic E-state index is 12.5. The van der Waals surface area contributed by atoms with Crippen LogP contribution in [-0.4, -0.2) is 8.42 Å². The number of rotatable bonds is 3. The molecule has 0 amide bonds. The number of halogens is 2. The van der Waals surface area contributed by atoms with Crippen LogP contribution in [0.3, 0.4) is 0 Å². The normalized spacial score (nSPS) is 11.7. The Morgan fingerprint density at radius 3 is 2.62 bits per heavy atom. The second-order valence-electron chi connectivity index (χ2n) is 4.35. The number of thiophene rings is 1. The summed E-state index contributed by atoms with van der Waals surface area (Å²) in [5, 5.41) is 3.00. The maximum atomic E-state index is 12.5. The van der Waals surface area contributed by atoms with Crippen LogP contribution in [-0.2, 0) is 10.0 Å². The topological polar surface area (TPSA) is 46.2 Å². The third kappa shape index (κ3) is 3.15. The van der Waals surface area contributed by atoms with Gasteiger partial charge in [-0.3, -0.25) is 4.72 Å². The molecule has 0 atom stereocenters. The third-order valence-electron chi connectivity index (χ3n) is 2.89. The first-order valence-electron chi connectivity index (χ1n) is 5.91. The molecule has 0 unspecified atom stereocenters. The molecule has 0 radical (unpaired) electrons. The summed E-state index contributed by atoms with van der Waals surface area (Å²) in [6.07, 6.45) is 0. The molecule has 0 spiro atoms. The van der Waals surface area contributed by atoms with Crippen molar-refractivity contribution in [3.8, 4) is 0 Å². The molecular weight excluding hydrogens is 438 g/mol. The van der Waals surface area contributed by atoms with Crippen molar-refractivity contribution < 1.29 is 8.42 Å². The van der Waals surface area contributed by atoms with Gasteiger partial charge in [0.05, 0.1) is 0 Å². The lowest BCUT2D eigenvalue weighted by Gasteiger charge is -2.10. The molecule has 3 nitrogen and oxygen atoms in total. The Labute approximate surface area is 143 Å². The molecule has 0 aliphatic heterocycles. The molecule has 108 valence electrons. The zero-order valence-corrected chi connectivity index (χ0v) is 15.3. The molecule has 0 saturated carbocycles. The average Bonchev–Trinajstić information content (AvgIpc) is 2.88. The summed E-state index contributed by atoms with van der Waals surface area (Å²) < 4.78 is 29.9. The lowest BCUT2D eigenvalue weighted by molar-refractivity contribution is 0.600. The van der Waals surface area contributed by atoms with Crippen molar-refractivity contribution in [3.05, 3.63) is 56.8 Å². The SMILES string of the molecule is O=S(=O)(Nc1ccc2sccc2c1)c1cc(Br)ccc1Br. The number of hydrogen-bond acceptors (Lipinski definition) is 3. The molecule has 1 heterocycles. The van der Waals surface area contributed by atoms with Crippen LogP contribution in [0.1, 0.15) is 0 Å². The third-order valence-corrected chi connectivity index (χ3v) is 6.65. The Hall–Kier alpha value is -0.890. The highest BCUT2D eigenvalue weighted by atomic mass is 79.9. The molecule has 1 aromatic heterocycles. The second-order valence-corrected chi connectivity index (χ2v) is 8.72. The van der Waals surface area contributed by atoms with E-state index in [1.54, 1.807) is 35.6 Å². The van der Waals surface area contributed by atoms with Crippen LogP contribution in [0.15, 0.2) is 61.7 Å². The fourth-order valence-corrected chi connectivity index (χ4v) is 5.25. The molecule has 1 N–H and O–H groups in total. The van der Waals surface area contributed by atoms with E-state index in [4.69, 9.17) is 0 Å². The van der Waals surface area contributed by atoms with E-state index < -0.39 is 10.0 Å². The molecule has 3 aromatic rings. The van der Waals surface area contributed by atoms with Crippen molar-refractivity contribution in [2.45, 2.75) is 4.90 Å². The van der Waals surface area contributed by atoms with Gasteiger partial charge in [-0.05, 0) is 69.2 Å². The van der Waals surface area contributed by atoms with Gasteiger partial charge in [0.1, 0.15) is 4.90 Å². The Balaban J connectivity index is 2.00. The Morgan fingerprint density at radius 2 is 1.81 bits per heavy atom. The lowest BCUT2D eigenvalue weighted by Crippen LogP contribution is -2.13. The van der Waals surface area contributed by atoms with E-state index in [-0.39, 0.29) is 4.90 Å². The summed E-state index contributed by atoms with van der Waals surface area (Å²) in [6, 6.07) is 12.5. The molecular formula is C14H9Br2NO2S2. The van der Waals surface area contributed by atoms with Crippen LogP contribution < -0.4 is 4.72 Å². The average molecular weight is 447 g/mol. The molecule has 2 aromatic carbocycles. The van der Waals surface area contributed by atoms with Crippen molar-refractivity contribution in [3.63, 3.8) is 0 Å². The highest BCUT2D eigenvalue weighted by Gasteiger charge is 2.18. The van der Waals surface area contributed by atoms with Crippen molar-refractivity contribution in [2.75, 3.05) is 4.72 Å². The van der Waals surface area contributed by atoms with Gasteiger partial charge in [0.15, 0.2) is 0 Å². The van der Waals surface area contributed by atoms with Crippen LogP contribution in [0.5, 0.6) is 0 Å². The summed E-state index contributed by atoms with van der Waals surface area (Å²) in [6.45, 7) is 0. The van der Waals surface area contributed by atoms with Gasteiger partial charge in [-0.1, -0.05) is 15.9 Å². The van der Waals surface area contributed by atoms with Crippen molar-refractivity contribution >= 4 is 69.0 Å². The highest BCUT2D eigenvalue weighted by molar-refractivity contribution is 9.11.